The molecule has 5 nitrogen and oxygen atoms in total. The predicted octanol–water partition coefficient (Wildman–Crippen LogP) is 4.94. The van der Waals surface area contributed by atoms with E-state index in [-0.39, 0.29) is 0 Å². The molecule has 158 valence electrons. The molecule has 4 aromatic rings. The van der Waals surface area contributed by atoms with Gasteiger partial charge < -0.3 is 13.9 Å². The lowest BCUT2D eigenvalue weighted by molar-refractivity contribution is 0.253. The Morgan fingerprint density at radius 3 is 2.71 bits per heavy atom. The van der Waals surface area contributed by atoms with Crippen molar-refractivity contribution in [1.82, 2.24) is 9.47 Å². The fourth-order valence-corrected chi connectivity index (χ4v) is 4.77. The largest absolute Gasteiger partial charge is 0.464 e. The SMILES string of the molecule is Cn1cc(CCCCN2CCN(c3ccc4occc4c3)CC2)c2cc(C#N)ccc21. The average Bonchev–Trinajstić information content (AvgIpc) is 3.40. The van der Waals surface area contributed by atoms with Crippen molar-refractivity contribution < 1.29 is 4.42 Å². The molecule has 0 radical (unpaired) electrons. The van der Waals surface area contributed by atoms with Crippen LogP contribution in [0.25, 0.3) is 21.9 Å². The van der Waals surface area contributed by atoms with Crippen molar-refractivity contribution in [3.05, 3.63) is 66.1 Å². The van der Waals surface area contributed by atoms with Gasteiger partial charge in [0.1, 0.15) is 5.58 Å². The second kappa shape index (κ2) is 8.49. The smallest absolute Gasteiger partial charge is 0.133 e. The molecule has 0 amide bonds. The number of fused-ring (bicyclic) bond motifs is 2. The molecule has 0 atom stereocenters. The molecular weight excluding hydrogens is 384 g/mol. The van der Waals surface area contributed by atoms with Crippen LogP contribution in [-0.4, -0.2) is 42.2 Å². The van der Waals surface area contributed by atoms with Crippen LogP contribution in [0.4, 0.5) is 5.69 Å². The number of benzene rings is 2. The molecule has 0 bridgehead atoms. The van der Waals surface area contributed by atoms with Crippen molar-refractivity contribution in [2.75, 3.05) is 37.6 Å². The normalized spacial score (nSPS) is 15.0. The fraction of sp³-hybridized carbons (Fsp3) is 0.346. The molecule has 1 fully saturated rings. The average molecular weight is 413 g/mol. The minimum Gasteiger partial charge on any atom is -0.464 e. The molecule has 2 aromatic heterocycles. The zero-order valence-electron chi connectivity index (χ0n) is 18.1. The Hall–Kier alpha value is -3.23. The molecule has 1 aliphatic rings. The van der Waals surface area contributed by atoms with Gasteiger partial charge in [-0.25, -0.2) is 0 Å². The van der Waals surface area contributed by atoms with Crippen LogP contribution >= 0.6 is 0 Å². The molecule has 3 heterocycles. The summed E-state index contributed by atoms with van der Waals surface area (Å²) >= 11 is 0. The number of aryl methyl sites for hydroxylation is 2. The van der Waals surface area contributed by atoms with E-state index in [2.05, 4.69) is 57.9 Å². The number of furan rings is 1. The van der Waals surface area contributed by atoms with Gasteiger partial charge in [-0.1, -0.05) is 0 Å². The molecule has 0 spiro atoms. The highest BCUT2D eigenvalue weighted by molar-refractivity contribution is 5.85. The molecule has 2 aromatic carbocycles. The number of hydrogen-bond donors (Lipinski definition) is 0. The summed E-state index contributed by atoms with van der Waals surface area (Å²) in [6.07, 6.45) is 7.42. The summed E-state index contributed by atoms with van der Waals surface area (Å²) in [4.78, 5) is 5.07. The Kier molecular flexibility index (Phi) is 5.40. The molecule has 0 saturated carbocycles. The van der Waals surface area contributed by atoms with Crippen molar-refractivity contribution in [1.29, 1.82) is 5.26 Å². The van der Waals surface area contributed by atoms with E-state index in [1.54, 1.807) is 6.26 Å². The van der Waals surface area contributed by atoms with Crippen LogP contribution in [0, 0.1) is 11.3 Å². The number of nitriles is 1. The molecule has 0 N–H and O–H groups in total. The van der Waals surface area contributed by atoms with E-state index in [0.29, 0.717) is 0 Å². The van der Waals surface area contributed by atoms with E-state index in [0.717, 1.165) is 50.3 Å². The minimum absolute atomic E-state index is 0.741. The van der Waals surface area contributed by atoms with E-state index >= 15 is 0 Å². The molecular formula is C26H28N4O. The quantitative estimate of drug-likeness (QED) is 0.421. The Morgan fingerprint density at radius 1 is 1.00 bits per heavy atom. The zero-order chi connectivity index (χ0) is 21.2. The van der Waals surface area contributed by atoms with Crippen LogP contribution in [0.3, 0.4) is 0 Å². The standard InChI is InChI=1S/C26H28N4O/c1-28-19-22(24-16-20(18-27)5-7-25(24)28)4-2-3-10-29-11-13-30(14-12-29)23-6-8-26-21(17-23)9-15-31-26/h5-9,15-17,19H,2-4,10-14H2,1H3. The van der Waals surface area contributed by atoms with Gasteiger partial charge in [-0.15, -0.1) is 0 Å². The summed E-state index contributed by atoms with van der Waals surface area (Å²) in [5.41, 5.74) is 5.55. The lowest BCUT2D eigenvalue weighted by atomic mass is 10.1. The Morgan fingerprint density at radius 2 is 1.87 bits per heavy atom. The molecule has 5 rings (SSSR count). The van der Waals surface area contributed by atoms with Crippen LogP contribution in [0.5, 0.6) is 0 Å². The van der Waals surface area contributed by atoms with Crippen molar-refractivity contribution >= 4 is 27.6 Å². The topological polar surface area (TPSA) is 48.3 Å². The first-order chi connectivity index (χ1) is 15.2. The third kappa shape index (κ3) is 4.04. The van der Waals surface area contributed by atoms with Crippen molar-refractivity contribution in [2.45, 2.75) is 19.3 Å². The zero-order valence-corrected chi connectivity index (χ0v) is 18.1. The van der Waals surface area contributed by atoms with Gasteiger partial charge in [0.2, 0.25) is 0 Å². The van der Waals surface area contributed by atoms with Gasteiger partial charge in [0.15, 0.2) is 0 Å². The third-order valence-corrected chi connectivity index (χ3v) is 6.54. The van der Waals surface area contributed by atoms with E-state index < -0.39 is 0 Å². The van der Waals surface area contributed by atoms with Gasteiger partial charge in [0, 0.05) is 61.4 Å². The van der Waals surface area contributed by atoms with E-state index in [1.165, 1.54) is 40.4 Å². The number of nitrogens with zero attached hydrogens (tertiary/aromatic N) is 4. The summed E-state index contributed by atoms with van der Waals surface area (Å²) < 4.78 is 7.63. The summed E-state index contributed by atoms with van der Waals surface area (Å²) in [5.74, 6) is 0. The van der Waals surface area contributed by atoms with Crippen molar-refractivity contribution in [3.8, 4) is 6.07 Å². The molecule has 1 saturated heterocycles. The lowest BCUT2D eigenvalue weighted by Crippen LogP contribution is -2.46. The maximum Gasteiger partial charge on any atom is 0.133 e. The summed E-state index contributed by atoms with van der Waals surface area (Å²) in [6.45, 7) is 5.53. The Labute approximate surface area is 183 Å². The monoisotopic (exact) mass is 412 g/mol. The highest BCUT2D eigenvalue weighted by Gasteiger charge is 2.17. The summed E-state index contributed by atoms with van der Waals surface area (Å²) in [6, 6.07) is 16.8. The first kappa shape index (κ1) is 19.7. The van der Waals surface area contributed by atoms with Gasteiger partial charge in [-0.05, 0) is 73.8 Å². The number of rotatable bonds is 6. The Bertz CT molecular complexity index is 1240. The van der Waals surface area contributed by atoms with Gasteiger partial charge >= 0.3 is 0 Å². The number of aromatic nitrogens is 1. The highest BCUT2D eigenvalue weighted by atomic mass is 16.3. The van der Waals surface area contributed by atoms with Gasteiger partial charge in [0.05, 0.1) is 17.9 Å². The van der Waals surface area contributed by atoms with Crippen molar-refractivity contribution in [3.63, 3.8) is 0 Å². The van der Waals surface area contributed by atoms with Gasteiger partial charge in [-0.3, -0.25) is 4.90 Å². The highest BCUT2D eigenvalue weighted by Crippen LogP contribution is 2.25. The number of unbranched alkanes of at least 4 members (excludes halogenated alkanes) is 1. The first-order valence-corrected chi connectivity index (χ1v) is 11.1. The van der Waals surface area contributed by atoms with Crippen LogP contribution in [0.15, 0.2) is 59.3 Å². The fourth-order valence-electron chi connectivity index (χ4n) is 4.77. The van der Waals surface area contributed by atoms with Crippen LogP contribution in [0.2, 0.25) is 0 Å². The second-order valence-electron chi connectivity index (χ2n) is 8.54. The van der Waals surface area contributed by atoms with Crippen LogP contribution in [0.1, 0.15) is 24.0 Å². The molecule has 5 heteroatoms. The van der Waals surface area contributed by atoms with E-state index in [4.69, 9.17) is 4.42 Å². The van der Waals surface area contributed by atoms with Crippen LogP contribution in [-0.2, 0) is 13.5 Å². The first-order valence-electron chi connectivity index (χ1n) is 11.1. The van der Waals surface area contributed by atoms with Crippen molar-refractivity contribution in [2.24, 2.45) is 7.05 Å². The van der Waals surface area contributed by atoms with E-state index in [1.807, 2.05) is 18.2 Å². The minimum atomic E-state index is 0.741. The number of piperazine rings is 1. The summed E-state index contributed by atoms with van der Waals surface area (Å²) in [5, 5.41) is 11.6. The van der Waals surface area contributed by atoms with Gasteiger partial charge in [0.25, 0.3) is 0 Å². The molecule has 1 aliphatic heterocycles. The third-order valence-electron chi connectivity index (χ3n) is 6.54. The van der Waals surface area contributed by atoms with Crippen LogP contribution < -0.4 is 4.90 Å². The maximum absolute atomic E-state index is 9.21. The maximum atomic E-state index is 9.21. The second-order valence-corrected chi connectivity index (χ2v) is 8.54. The molecule has 31 heavy (non-hydrogen) atoms. The predicted molar refractivity (Wildman–Crippen MR) is 125 cm³/mol. The van der Waals surface area contributed by atoms with E-state index in [9.17, 15) is 5.26 Å². The van der Waals surface area contributed by atoms with Gasteiger partial charge in [-0.2, -0.15) is 5.26 Å². The number of hydrogen-bond acceptors (Lipinski definition) is 4. The molecule has 0 aliphatic carbocycles. The Balaban J connectivity index is 1.11. The number of anilines is 1. The lowest BCUT2D eigenvalue weighted by Gasteiger charge is -2.36. The molecule has 0 unspecified atom stereocenters. The summed E-state index contributed by atoms with van der Waals surface area (Å²) in [7, 11) is 2.08.